The van der Waals surface area contributed by atoms with Gasteiger partial charge in [-0.1, -0.05) is 26.7 Å². The minimum Gasteiger partial charge on any atom is -0.257 e. The zero-order chi connectivity index (χ0) is 9.84. The molecule has 0 amide bonds. The average Bonchev–Trinajstić information content (AvgIpc) is 2.41. The van der Waals surface area contributed by atoms with E-state index in [2.05, 4.69) is 50.8 Å². The summed E-state index contributed by atoms with van der Waals surface area (Å²) in [5, 5.41) is 4.33. The Morgan fingerprint density at radius 3 is 2.38 bits per heavy atom. The first-order valence-corrected chi connectivity index (χ1v) is 6.14. The van der Waals surface area contributed by atoms with Gasteiger partial charge >= 0.3 is 0 Å². The van der Waals surface area contributed by atoms with Crippen LogP contribution in [0.2, 0.25) is 0 Å². The highest BCUT2D eigenvalue weighted by molar-refractivity contribution is 9.11. The van der Waals surface area contributed by atoms with Crippen LogP contribution >= 0.6 is 31.9 Å². The Morgan fingerprint density at radius 1 is 1.38 bits per heavy atom. The molecule has 0 fully saturated rings. The van der Waals surface area contributed by atoms with Crippen molar-refractivity contribution in [3.63, 3.8) is 0 Å². The first kappa shape index (κ1) is 11.2. The Bertz CT molecular complexity index is 267. The zero-order valence-electron chi connectivity index (χ0n) is 7.93. The minimum absolute atomic E-state index is 0.725. The van der Waals surface area contributed by atoms with Gasteiger partial charge in [-0.15, -0.1) is 0 Å². The molecule has 0 bridgehead atoms. The summed E-state index contributed by atoms with van der Waals surface area (Å²) in [5.74, 6) is 0.725. The van der Waals surface area contributed by atoms with Crippen LogP contribution in [-0.2, 0) is 6.54 Å². The van der Waals surface area contributed by atoms with Crippen molar-refractivity contribution >= 4 is 31.9 Å². The van der Waals surface area contributed by atoms with Crippen molar-refractivity contribution in [1.82, 2.24) is 9.78 Å². The molecular formula is C9H14Br2N2. The third-order valence-corrected chi connectivity index (χ3v) is 3.31. The number of halogens is 2. The molecular weight excluding hydrogens is 296 g/mol. The number of rotatable bonds is 4. The second-order valence-corrected chi connectivity index (χ2v) is 4.78. The molecule has 74 valence electrons. The lowest BCUT2D eigenvalue weighted by Crippen LogP contribution is -2.10. The molecule has 0 saturated heterocycles. The number of hydrogen-bond acceptors (Lipinski definition) is 1. The highest BCUT2D eigenvalue weighted by Crippen LogP contribution is 2.19. The Balaban J connectivity index is 2.67. The van der Waals surface area contributed by atoms with E-state index >= 15 is 0 Å². The molecule has 0 spiro atoms. The number of nitrogens with zero attached hydrogens (tertiary/aromatic N) is 2. The summed E-state index contributed by atoms with van der Waals surface area (Å²) < 4.78 is 3.94. The Hall–Kier alpha value is 0.170. The van der Waals surface area contributed by atoms with E-state index in [9.17, 15) is 0 Å². The van der Waals surface area contributed by atoms with E-state index in [4.69, 9.17) is 0 Å². The summed E-state index contributed by atoms with van der Waals surface area (Å²) in [6.45, 7) is 5.44. The fourth-order valence-electron chi connectivity index (χ4n) is 1.28. The zero-order valence-corrected chi connectivity index (χ0v) is 11.1. The lowest BCUT2D eigenvalue weighted by atomic mass is 10.0. The summed E-state index contributed by atoms with van der Waals surface area (Å²) in [6, 6.07) is 1.97. The normalized spacial score (nSPS) is 11.2. The lowest BCUT2D eigenvalue weighted by molar-refractivity contribution is 0.391. The lowest BCUT2D eigenvalue weighted by Gasteiger charge is -2.12. The van der Waals surface area contributed by atoms with Gasteiger partial charge in [0.2, 0.25) is 0 Å². The molecule has 0 unspecified atom stereocenters. The molecule has 0 N–H and O–H groups in total. The second kappa shape index (κ2) is 5.15. The molecule has 0 aliphatic heterocycles. The highest BCUT2D eigenvalue weighted by Gasteiger charge is 2.08. The van der Waals surface area contributed by atoms with Gasteiger partial charge in [-0.05, 0) is 37.8 Å². The summed E-state index contributed by atoms with van der Waals surface area (Å²) in [6.07, 6.45) is 2.42. The van der Waals surface area contributed by atoms with Crippen LogP contribution in [0.25, 0.3) is 0 Å². The van der Waals surface area contributed by atoms with E-state index in [1.54, 1.807) is 0 Å². The van der Waals surface area contributed by atoms with Crippen molar-refractivity contribution < 1.29 is 0 Å². The van der Waals surface area contributed by atoms with Crippen molar-refractivity contribution in [3.05, 3.63) is 15.3 Å². The highest BCUT2D eigenvalue weighted by atomic mass is 79.9. The van der Waals surface area contributed by atoms with Crippen LogP contribution in [0, 0.1) is 5.92 Å². The van der Waals surface area contributed by atoms with Gasteiger partial charge in [-0.2, -0.15) is 5.10 Å². The maximum atomic E-state index is 4.33. The van der Waals surface area contributed by atoms with Crippen LogP contribution in [0.5, 0.6) is 0 Å². The van der Waals surface area contributed by atoms with Crippen LogP contribution in [0.3, 0.4) is 0 Å². The summed E-state index contributed by atoms with van der Waals surface area (Å²) in [4.78, 5) is 0. The molecule has 0 aromatic carbocycles. The van der Waals surface area contributed by atoms with Crippen LogP contribution in [0.1, 0.15) is 26.7 Å². The quantitative estimate of drug-likeness (QED) is 0.826. The van der Waals surface area contributed by atoms with Crippen molar-refractivity contribution in [1.29, 1.82) is 0 Å². The van der Waals surface area contributed by atoms with Gasteiger partial charge in [-0.3, -0.25) is 4.68 Å². The smallest absolute Gasteiger partial charge is 0.129 e. The third kappa shape index (κ3) is 3.09. The monoisotopic (exact) mass is 308 g/mol. The maximum absolute atomic E-state index is 4.33. The van der Waals surface area contributed by atoms with E-state index in [1.807, 2.05) is 10.7 Å². The molecule has 1 aromatic rings. The summed E-state index contributed by atoms with van der Waals surface area (Å²) >= 11 is 6.83. The van der Waals surface area contributed by atoms with Crippen LogP contribution < -0.4 is 0 Å². The number of hydrogen-bond donors (Lipinski definition) is 0. The van der Waals surface area contributed by atoms with E-state index in [1.165, 1.54) is 12.8 Å². The summed E-state index contributed by atoms with van der Waals surface area (Å²) in [7, 11) is 0. The predicted molar refractivity (Wildman–Crippen MR) is 61.7 cm³/mol. The molecule has 1 rings (SSSR count). The van der Waals surface area contributed by atoms with E-state index in [0.717, 1.165) is 21.7 Å². The fourth-order valence-corrected chi connectivity index (χ4v) is 2.44. The van der Waals surface area contributed by atoms with Gasteiger partial charge in [0.05, 0.1) is 0 Å². The van der Waals surface area contributed by atoms with Crippen molar-refractivity contribution in [2.45, 2.75) is 33.2 Å². The molecule has 0 radical (unpaired) electrons. The van der Waals surface area contributed by atoms with E-state index in [-0.39, 0.29) is 0 Å². The molecule has 0 aliphatic rings. The molecule has 4 heteroatoms. The molecule has 0 aliphatic carbocycles. The predicted octanol–water partition coefficient (Wildman–Crippen LogP) is 3.84. The van der Waals surface area contributed by atoms with Gasteiger partial charge < -0.3 is 0 Å². The van der Waals surface area contributed by atoms with Crippen molar-refractivity contribution in [2.75, 3.05) is 0 Å². The minimum atomic E-state index is 0.725. The van der Waals surface area contributed by atoms with Gasteiger partial charge in [0, 0.05) is 12.6 Å². The van der Waals surface area contributed by atoms with Gasteiger partial charge in [-0.25, -0.2) is 0 Å². The Labute approximate surface area is 96.0 Å². The Kier molecular flexibility index (Phi) is 4.46. The average molecular weight is 310 g/mol. The largest absolute Gasteiger partial charge is 0.257 e. The molecule has 1 heterocycles. The van der Waals surface area contributed by atoms with Crippen LogP contribution in [0.15, 0.2) is 15.3 Å². The summed E-state index contributed by atoms with van der Waals surface area (Å²) in [5.41, 5.74) is 0. The topological polar surface area (TPSA) is 17.8 Å². The molecule has 13 heavy (non-hydrogen) atoms. The van der Waals surface area contributed by atoms with E-state index in [0.29, 0.717) is 0 Å². The SMILES string of the molecule is CCC(CC)Cn1nc(Br)cc1Br. The second-order valence-electron chi connectivity index (χ2n) is 3.15. The van der Waals surface area contributed by atoms with Crippen molar-refractivity contribution in [3.8, 4) is 0 Å². The van der Waals surface area contributed by atoms with Crippen LogP contribution in [0.4, 0.5) is 0 Å². The van der Waals surface area contributed by atoms with Crippen LogP contribution in [-0.4, -0.2) is 9.78 Å². The van der Waals surface area contributed by atoms with E-state index < -0.39 is 0 Å². The first-order valence-electron chi connectivity index (χ1n) is 4.56. The molecule has 0 saturated carbocycles. The fraction of sp³-hybridized carbons (Fsp3) is 0.667. The van der Waals surface area contributed by atoms with Gasteiger partial charge in [0.25, 0.3) is 0 Å². The number of aromatic nitrogens is 2. The maximum Gasteiger partial charge on any atom is 0.129 e. The van der Waals surface area contributed by atoms with Crippen molar-refractivity contribution in [2.24, 2.45) is 5.92 Å². The third-order valence-electron chi connectivity index (χ3n) is 2.29. The molecule has 1 aromatic heterocycles. The van der Waals surface area contributed by atoms with Gasteiger partial charge in [0.15, 0.2) is 0 Å². The molecule has 0 atom stereocenters. The first-order chi connectivity index (χ1) is 6.17. The standard InChI is InChI=1S/C9H14Br2N2/c1-3-7(4-2)6-13-9(11)5-8(10)12-13/h5,7H,3-4,6H2,1-2H3. The van der Waals surface area contributed by atoms with Gasteiger partial charge in [0.1, 0.15) is 9.21 Å². The molecule has 2 nitrogen and oxygen atoms in total. The Morgan fingerprint density at radius 2 is 2.00 bits per heavy atom.